The van der Waals surface area contributed by atoms with Crippen molar-refractivity contribution in [3.05, 3.63) is 84.1 Å². The Bertz CT molecular complexity index is 1240. The number of carbonyl (C=O) groups is 2. The molecule has 33 heavy (non-hydrogen) atoms. The third-order valence-corrected chi connectivity index (χ3v) is 5.42. The highest BCUT2D eigenvalue weighted by Crippen LogP contribution is 2.37. The molecule has 168 valence electrons. The number of anilines is 3. The minimum Gasteiger partial charge on any atom is -0.497 e. The molecule has 0 saturated heterocycles. The SMILES string of the molecule is COc1ccc(NC2=C(c3ccccc3)C(=O)N(c3cccc(N(C)C)c3)C2=O)c(OC)c1. The van der Waals surface area contributed by atoms with Crippen molar-refractivity contribution in [3.8, 4) is 11.5 Å². The third-order valence-electron chi connectivity index (χ3n) is 5.42. The van der Waals surface area contributed by atoms with E-state index in [9.17, 15) is 9.59 Å². The first kappa shape index (κ1) is 22.0. The number of hydrogen-bond acceptors (Lipinski definition) is 6. The predicted octanol–water partition coefficient (Wildman–Crippen LogP) is 4.17. The van der Waals surface area contributed by atoms with Crippen molar-refractivity contribution in [1.82, 2.24) is 0 Å². The van der Waals surface area contributed by atoms with Crippen LogP contribution < -0.4 is 24.6 Å². The number of benzene rings is 3. The quantitative estimate of drug-likeness (QED) is 0.553. The van der Waals surface area contributed by atoms with Gasteiger partial charge in [0.1, 0.15) is 17.2 Å². The van der Waals surface area contributed by atoms with E-state index in [1.54, 1.807) is 31.4 Å². The summed E-state index contributed by atoms with van der Waals surface area (Å²) in [5.74, 6) is 0.276. The number of amides is 2. The van der Waals surface area contributed by atoms with Crippen LogP contribution in [-0.4, -0.2) is 40.1 Å². The number of rotatable bonds is 7. The molecule has 1 aliphatic heterocycles. The van der Waals surface area contributed by atoms with Crippen LogP contribution in [0.3, 0.4) is 0 Å². The number of carbonyl (C=O) groups excluding carboxylic acids is 2. The number of nitrogens with zero attached hydrogens (tertiary/aromatic N) is 2. The van der Waals surface area contributed by atoms with Gasteiger partial charge in [0.25, 0.3) is 11.8 Å². The maximum absolute atomic E-state index is 13.6. The largest absolute Gasteiger partial charge is 0.497 e. The number of nitrogens with one attached hydrogen (secondary N) is 1. The molecule has 4 rings (SSSR count). The second kappa shape index (κ2) is 9.08. The molecule has 0 saturated carbocycles. The lowest BCUT2D eigenvalue weighted by Gasteiger charge is -2.19. The molecule has 0 aliphatic carbocycles. The second-order valence-electron chi connectivity index (χ2n) is 7.67. The number of imide groups is 1. The minimum atomic E-state index is -0.437. The van der Waals surface area contributed by atoms with Crippen LogP contribution in [0.25, 0.3) is 5.57 Å². The highest BCUT2D eigenvalue weighted by molar-refractivity contribution is 6.46. The van der Waals surface area contributed by atoms with Gasteiger partial charge in [-0.3, -0.25) is 9.59 Å². The van der Waals surface area contributed by atoms with Crippen molar-refractivity contribution in [2.75, 3.05) is 43.4 Å². The first-order valence-corrected chi connectivity index (χ1v) is 10.4. The average molecular weight is 444 g/mol. The van der Waals surface area contributed by atoms with E-state index in [-0.39, 0.29) is 5.70 Å². The number of methoxy groups -OCH3 is 2. The van der Waals surface area contributed by atoms with Crippen LogP contribution >= 0.6 is 0 Å². The molecule has 0 spiro atoms. The van der Waals surface area contributed by atoms with Gasteiger partial charge in [0.15, 0.2) is 0 Å². The fraction of sp³-hybridized carbons (Fsp3) is 0.154. The van der Waals surface area contributed by atoms with Crippen molar-refractivity contribution < 1.29 is 19.1 Å². The Kier molecular flexibility index (Phi) is 6.04. The molecule has 0 atom stereocenters. The van der Waals surface area contributed by atoms with Gasteiger partial charge in [-0.25, -0.2) is 4.90 Å². The van der Waals surface area contributed by atoms with E-state index in [0.717, 1.165) is 5.69 Å². The van der Waals surface area contributed by atoms with Crippen LogP contribution in [0.15, 0.2) is 78.5 Å². The molecule has 1 heterocycles. The van der Waals surface area contributed by atoms with Gasteiger partial charge in [0, 0.05) is 25.8 Å². The van der Waals surface area contributed by atoms with Crippen LogP contribution in [0.5, 0.6) is 11.5 Å². The molecule has 3 aromatic rings. The van der Waals surface area contributed by atoms with Gasteiger partial charge in [-0.05, 0) is 35.9 Å². The smallest absolute Gasteiger partial charge is 0.282 e. The van der Waals surface area contributed by atoms with Crippen molar-refractivity contribution in [3.63, 3.8) is 0 Å². The summed E-state index contributed by atoms with van der Waals surface area (Å²) in [6, 6.07) is 21.7. The van der Waals surface area contributed by atoms with E-state index >= 15 is 0 Å². The maximum atomic E-state index is 13.6. The first-order chi connectivity index (χ1) is 15.9. The van der Waals surface area contributed by atoms with E-state index in [2.05, 4.69) is 5.32 Å². The first-order valence-electron chi connectivity index (χ1n) is 10.4. The van der Waals surface area contributed by atoms with Crippen molar-refractivity contribution in [2.24, 2.45) is 0 Å². The molecule has 7 heteroatoms. The highest BCUT2D eigenvalue weighted by Gasteiger charge is 2.40. The van der Waals surface area contributed by atoms with Gasteiger partial charge in [-0.1, -0.05) is 36.4 Å². The molecule has 2 amide bonds. The molecule has 0 radical (unpaired) electrons. The molecular formula is C26H25N3O4. The standard InChI is InChI=1S/C26H25N3O4/c1-28(2)18-11-8-12-19(15-18)29-25(30)23(17-9-6-5-7-10-17)24(26(29)31)27-21-14-13-20(32-3)16-22(21)33-4/h5-16,27H,1-4H3. The molecule has 1 N–H and O–H groups in total. The summed E-state index contributed by atoms with van der Waals surface area (Å²) in [6.07, 6.45) is 0. The van der Waals surface area contributed by atoms with Gasteiger partial charge >= 0.3 is 0 Å². The average Bonchev–Trinajstić information content (AvgIpc) is 3.08. The summed E-state index contributed by atoms with van der Waals surface area (Å²) >= 11 is 0. The summed E-state index contributed by atoms with van der Waals surface area (Å²) in [5.41, 5.74) is 3.07. The Balaban J connectivity index is 1.82. The maximum Gasteiger partial charge on any atom is 0.282 e. The minimum absolute atomic E-state index is 0.185. The normalized spacial score (nSPS) is 13.4. The lowest BCUT2D eigenvalue weighted by Crippen LogP contribution is -2.32. The summed E-state index contributed by atoms with van der Waals surface area (Å²) in [6.45, 7) is 0. The zero-order valence-corrected chi connectivity index (χ0v) is 19.0. The molecule has 0 bridgehead atoms. The van der Waals surface area contributed by atoms with Gasteiger partial charge < -0.3 is 19.7 Å². The van der Waals surface area contributed by atoms with Crippen LogP contribution in [0.4, 0.5) is 17.1 Å². The van der Waals surface area contributed by atoms with E-state index < -0.39 is 11.8 Å². The van der Waals surface area contributed by atoms with Gasteiger partial charge in [-0.15, -0.1) is 0 Å². The Morgan fingerprint density at radius 3 is 2.24 bits per heavy atom. The highest BCUT2D eigenvalue weighted by atomic mass is 16.5. The van der Waals surface area contributed by atoms with Crippen LogP contribution in [0, 0.1) is 0 Å². The number of hydrogen-bond donors (Lipinski definition) is 1. The van der Waals surface area contributed by atoms with Crippen LogP contribution in [0.1, 0.15) is 5.56 Å². The van der Waals surface area contributed by atoms with Gasteiger partial charge in [0.05, 0.1) is 31.2 Å². The molecule has 1 aliphatic rings. The van der Waals surface area contributed by atoms with E-state index in [0.29, 0.717) is 34.0 Å². The molecular weight excluding hydrogens is 418 g/mol. The Morgan fingerprint density at radius 2 is 1.58 bits per heavy atom. The van der Waals surface area contributed by atoms with E-state index in [4.69, 9.17) is 9.47 Å². The van der Waals surface area contributed by atoms with E-state index in [1.807, 2.05) is 67.5 Å². The molecule has 0 unspecified atom stereocenters. The van der Waals surface area contributed by atoms with Gasteiger partial charge in [-0.2, -0.15) is 0 Å². The zero-order chi connectivity index (χ0) is 23.5. The van der Waals surface area contributed by atoms with Crippen LogP contribution in [0.2, 0.25) is 0 Å². The van der Waals surface area contributed by atoms with Crippen molar-refractivity contribution >= 4 is 34.4 Å². The fourth-order valence-corrected chi connectivity index (χ4v) is 3.70. The summed E-state index contributed by atoms with van der Waals surface area (Å²) in [4.78, 5) is 30.3. The topological polar surface area (TPSA) is 71.1 Å². The monoisotopic (exact) mass is 443 g/mol. The number of ether oxygens (including phenoxy) is 2. The Morgan fingerprint density at radius 1 is 0.818 bits per heavy atom. The summed E-state index contributed by atoms with van der Waals surface area (Å²) < 4.78 is 10.7. The molecule has 0 fully saturated rings. The van der Waals surface area contributed by atoms with Crippen molar-refractivity contribution in [1.29, 1.82) is 0 Å². The van der Waals surface area contributed by atoms with Gasteiger partial charge in [0.2, 0.25) is 0 Å². The summed E-state index contributed by atoms with van der Waals surface area (Å²) in [7, 11) is 6.91. The summed E-state index contributed by atoms with van der Waals surface area (Å²) in [5, 5.41) is 3.15. The fourth-order valence-electron chi connectivity index (χ4n) is 3.70. The van der Waals surface area contributed by atoms with Crippen LogP contribution in [-0.2, 0) is 9.59 Å². The molecule has 3 aromatic carbocycles. The zero-order valence-electron chi connectivity index (χ0n) is 19.0. The Hall–Kier alpha value is -4.26. The molecule has 7 nitrogen and oxygen atoms in total. The molecule has 0 aromatic heterocycles. The van der Waals surface area contributed by atoms with Crippen molar-refractivity contribution in [2.45, 2.75) is 0 Å². The Labute approximate surface area is 192 Å². The lowest BCUT2D eigenvalue weighted by molar-refractivity contribution is -0.120. The predicted molar refractivity (Wildman–Crippen MR) is 130 cm³/mol. The van der Waals surface area contributed by atoms with E-state index in [1.165, 1.54) is 12.0 Å². The second-order valence-corrected chi connectivity index (χ2v) is 7.67. The lowest BCUT2D eigenvalue weighted by atomic mass is 10.0. The third kappa shape index (κ3) is 4.13.